The van der Waals surface area contributed by atoms with Gasteiger partial charge < -0.3 is 14.8 Å². The molecule has 0 saturated carbocycles. The average Bonchev–Trinajstić information content (AvgIpc) is 3.31. The summed E-state index contributed by atoms with van der Waals surface area (Å²) in [6.07, 6.45) is 9.02. The highest BCUT2D eigenvalue weighted by atomic mass is 15.3. The number of hydrogen-bond acceptors (Lipinski definition) is 2. The van der Waals surface area contributed by atoms with Gasteiger partial charge in [-0.15, -0.1) is 0 Å². The molecular weight excluding hydrogens is 370 g/mol. The van der Waals surface area contributed by atoms with Crippen molar-refractivity contribution in [2.24, 2.45) is 4.99 Å². The van der Waals surface area contributed by atoms with Crippen molar-refractivity contribution in [1.29, 1.82) is 0 Å². The Labute approximate surface area is 178 Å². The molecule has 1 aliphatic heterocycles. The number of guanidine groups is 1. The molecule has 154 valence electrons. The summed E-state index contributed by atoms with van der Waals surface area (Å²) in [7, 11) is 0. The lowest BCUT2D eigenvalue weighted by Gasteiger charge is -2.30. The second-order valence-electron chi connectivity index (χ2n) is 7.52. The van der Waals surface area contributed by atoms with Gasteiger partial charge in [-0.25, -0.2) is 9.98 Å². The largest absolute Gasteiger partial charge is 0.356 e. The summed E-state index contributed by atoms with van der Waals surface area (Å²) in [5.41, 5.74) is 5.24. The van der Waals surface area contributed by atoms with Crippen LogP contribution >= 0.6 is 0 Å². The number of hydrogen-bond donors (Lipinski definition) is 1. The van der Waals surface area contributed by atoms with Crippen LogP contribution in [0.25, 0.3) is 5.57 Å². The number of benzene rings is 2. The highest BCUT2D eigenvalue weighted by Crippen LogP contribution is 2.22. The van der Waals surface area contributed by atoms with Crippen molar-refractivity contribution >= 4 is 11.5 Å². The second-order valence-corrected chi connectivity index (χ2v) is 7.52. The van der Waals surface area contributed by atoms with Gasteiger partial charge in [0.05, 0.1) is 12.9 Å². The quantitative estimate of drug-likeness (QED) is 0.499. The third-order valence-corrected chi connectivity index (χ3v) is 5.32. The van der Waals surface area contributed by atoms with E-state index in [4.69, 9.17) is 4.99 Å². The maximum Gasteiger partial charge on any atom is 0.194 e. The van der Waals surface area contributed by atoms with E-state index in [9.17, 15) is 0 Å². The Kier molecular flexibility index (Phi) is 6.60. The van der Waals surface area contributed by atoms with E-state index in [1.807, 2.05) is 18.7 Å². The highest BCUT2D eigenvalue weighted by Gasteiger charge is 2.16. The van der Waals surface area contributed by atoms with E-state index in [1.165, 1.54) is 22.3 Å². The van der Waals surface area contributed by atoms with Crippen LogP contribution in [0.2, 0.25) is 0 Å². The van der Waals surface area contributed by atoms with Crippen LogP contribution in [0.15, 0.2) is 84.4 Å². The third-order valence-electron chi connectivity index (χ3n) is 5.32. The van der Waals surface area contributed by atoms with E-state index in [1.54, 1.807) is 0 Å². The van der Waals surface area contributed by atoms with Gasteiger partial charge >= 0.3 is 0 Å². The highest BCUT2D eigenvalue weighted by molar-refractivity contribution is 5.81. The molecule has 0 amide bonds. The maximum absolute atomic E-state index is 4.93. The van der Waals surface area contributed by atoms with Gasteiger partial charge in [-0.2, -0.15) is 0 Å². The summed E-state index contributed by atoms with van der Waals surface area (Å²) in [5, 5.41) is 3.46. The van der Waals surface area contributed by atoms with Crippen molar-refractivity contribution < 1.29 is 0 Å². The van der Waals surface area contributed by atoms with Crippen LogP contribution in [0.1, 0.15) is 30.0 Å². The Morgan fingerprint density at radius 3 is 2.70 bits per heavy atom. The van der Waals surface area contributed by atoms with Crippen LogP contribution in [0.4, 0.5) is 0 Å². The summed E-state index contributed by atoms with van der Waals surface area (Å²) in [5.74, 6) is 0.987. The molecule has 0 atom stereocenters. The summed E-state index contributed by atoms with van der Waals surface area (Å²) < 4.78 is 2.08. The van der Waals surface area contributed by atoms with E-state index in [0.29, 0.717) is 6.54 Å². The van der Waals surface area contributed by atoms with Gasteiger partial charge in [-0.3, -0.25) is 0 Å². The van der Waals surface area contributed by atoms with Crippen molar-refractivity contribution in [3.05, 3.63) is 96.1 Å². The van der Waals surface area contributed by atoms with Crippen molar-refractivity contribution in [1.82, 2.24) is 19.8 Å². The fourth-order valence-electron chi connectivity index (χ4n) is 3.79. The molecule has 0 saturated heterocycles. The predicted octanol–water partition coefficient (Wildman–Crippen LogP) is 4.19. The van der Waals surface area contributed by atoms with Gasteiger partial charge in [0.25, 0.3) is 0 Å². The van der Waals surface area contributed by atoms with Crippen LogP contribution < -0.4 is 5.32 Å². The van der Waals surface area contributed by atoms with Gasteiger partial charge in [-0.1, -0.05) is 60.7 Å². The molecule has 5 nitrogen and oxygen atoms in total. The standard InChI is InChI=1S/C25H29N5/c1-2-27-25(30-14-11-24(12-15-30)23-9-4-3-5-10-23)28-18-21-7-6-8-22(17-21)19-29-16-13-26-20-29/h3-11,13,16-17,20H,2,12,14-15,18-19H2,1H3,(H,27,28). The van der Waals surface area contributed by atoms with Gasteiger partial charge in [0, 0.05) is 38.6 Å². The Morgan fingerprint density at radius 1 is 1.10 bits per heavy atom. The zero-order valence-corrected chi connectivity index (χ0v) is 17.5. The van der Waals surface area contributed by atoms with Crippen molar-refractivity contribution in [3.63, 3.8) is 0 Å². The fraction of sp³-hybridized carbons (Fsp3) is 0.280. The number of rotatable bonds is 6. The lowest BCUT2D eigenvalue weighted by atomic mass is 10.00. The number of nitrogens with zero attached hydrogens (tertiary/aromatic N) is 4. The van der Waals surface area contributed by atoms with Crippen LogP contribution in [0.3, 0.4) is 0 Å². The van der Waals surface area contributed by atoms with Gasteiger partial charge in [0.1, 0.15) is 0 Å². The third kappa shape index (κ3) is 5.17. The Morgan fingerprint density at radius 2 is 1.97 bits per heavy atom. The smallest absolute Gasteiger partial charge is 0.194 e. The first kappa shape index (κ1) is 20.0. The molecule has 0 bridgehead atoms. The average molecular weight is 400 g/mol. The number of imidazole rings is 1. The van der Waals surface area contributed by atoms with Crippen LogP contribution in [0.5, 0.6) is 0 Å². The molecule has 0 spiro atoms. The van der Waals surface area contributed by atoms with Gasteiger partial charge in [0.15, 0.2) is 5.96 Å². The molecule has 0 aliphatic carbocycles. The first-order valence-electron chi connectivity index (χ1n) is 10.6. The molecule has 5 heteroatoms. The van der Waals surface area contributed by atoms with E-state index >= 15 is 0 Å². The molecule has 4 rings (SSSR count). The molecule has 0 fully saturated rings. The second kappa shape index (κ2) is 9.92. The van der Waals surface area contributed by atoms with Gasteiger partial charge in [-0.05, 0) is 35.6 Å². The zero-order valence-electron chi connectivity index (χ0n) is 17.5. The Bertz CT molecular complexity index is 989. The predicted molar refractivity (Wildman–Crippen MR) is 123 cm³/mol. The van der Waals surface area contributed by atoms with Crippen molar-refractivity contribution in [2.75, 3.05) is 19.6 Å². The van der Waals surface area contributed by atoms with Crippen LogP contribution in [-0.2, 0) is 13.1 Å². The molecule has 3 aromatic rings. The minimum atomic E-state index is 0.672. The number of aliphatic imine (C=N–C) groups is 1. The maximum atomic E-state index is 4.93. The number of aromatic nitrogens is 2. The minimum absolute atomic E-state index is 0.672. The summed E-state index contributed by atoms with van der Waals surface area (Å²) >= 11 is 0. The molecular formula is C25H29N5. The Hall–Kier alpha value is -3.34. The molecule has 1 aliphatic rings. The summed E-state index contributed by atoms with van der Waals surface area (Å²) in [6.45, 7) is 6.36. The lowest BCUT2D eigenvalue weighted by Crippen LogP contribution is -2.43. The SMILES string of the molecule is CCNC(=NCc1cccc(Cn2ccnc2)c1)N1CC=C(c2ccccc2)CC1. The number of nitrogens with one attached hydrogen (secondary N) is 1. The first-order chi connectivity index (χ1) is 14.8. The van der Waals surface area contributed by atoms with Crippen molar-refractivity contribution in [3.8, 4) is 0 Å². The summed E-state index contributed by atoms with van der Waals surface area (Å²) in [6, 6.07) is 19.3. The topological polar surface area (TPSA) is 45.5 Å². The molecule has 2 heterocycles. The van der Waals surface area contributed by atoms with Crippen molar-refractivity contribution in [2.45, 2.75) is 26.4 Å². The summed E-state index contributed by atoms with van der Waals surface area (Å²) in [4.78, 5) is 11.4. The monoisotopic (exact) mass is 399 g/mol. The fourth-order valence-corrected chi connectivity index (χ4v) is 3.79. The zero-order chi connectivity index (χ0) is 20.6. The molecule has 0 unspecified atom stereocenters. The normalized spacial score (nSPS) is 14.5. The van der Waals surface area contributed by atoms with Crippen LogP contribution in [0, 0.1) is 0 Å². The molecule has 2 aromatic carbocycles. The molecule has 0 radical (unpaired) electrons. The lowest BCUT2D eigenvalue weighted by molar-refractivity contribution is 0.440. The molecule has 1 aromatic heterocycles. The molecule has 1 N–H and O–H groups in total. The van der Waals surface area contributed by atoms with E-state index in [-0.39, 0.29) is 0 Å². The molecule has 30 heavy (non-hydrogen) atoms. The van der Waals surface area contributed by atoms with Crippen LogP contribution in [-0.4, -0.2) is 40.0 Å². The van der Waals surface area contributed by atoms with E-state index < -0.39 is 0 Å². The van der Waals surface area contributed by atoms with E-state index in [0.717, 1.165) is 38.6 Å². The first-order valence-corrected chi connectivity index (χ1v) is 10.6. The van der Waals surface area contributed by atoms with Gasteiger partial charge in [0.2, 0.25) is 0 Å². The Balaban J connectivity index is 1.42. The minimum Gasteiger partial charge on any atom is -0.356 e. The van der Waals surface area contributed by atoms with E-state index in [2.05, 4.69) is 87.4 Å².